The second kappa shape index (κ2) is 10.3. The number of anilines is 1. The van der Waals surface area contributed by atoms with Crippen LogP contribution >= 0.6 is 11.3 Å². The molecule has 0 saturated carbocycles. The van der Waals surface area contributed by atoms with Gasteiger partial charge in [-0.05, 0) is 29.5 Å². The summed E-state index contributed by atoms with van der Waals surface area (Å²) in [6.45, 7) is 6.81. The number of hydrogen-bond donors (Lipinski definition) is 1. The van der Waals surface area contributed by atoms with Gasteiger partial charge in [-0.2, -0.15) is 0 Å². The molecule has 0 saturated heterocycles. The van der Waals surface area contributed by atoms with E-state index in [1.165, 1.54) is 0 Å². The molecule has 0 aliphatic carbocycles. The summed E-state index contributed by atoms with van der Waals surface area (Å²) in [4.78, 5) is 25.2. The molecule has 29 heavy (non-hydrogen) atoms. The van der Waals surface area contributed by atoms with Crippen LogP contribution in [0.15, 0.2) is 41.8 Å². The molecule has 0 atom stereocenters. The van der Waals surface area contributed by atoms with Crippen LogP contribution in [-0.4, -0.2) is 49.2 Å². The zero-order chi connectivity index (χ0) is 20.6. The number of aromatic nitrogens is 2. The molecular weight excluding hydrogens is 384 g/mol. The number of benzene rings is 1. The molecule has 0 bridgehead atoms. The lowest BCUT2D eigenvalue weighted by Gasteiger charge is -2.27. The zero-order valence-corrected chi connectivity index (χ0v) is 18.0. The van der Waals surface area contributed by atoms with Gasteiger partial charge in [0, 0.05) is 38.6 Å². The first-order valence-corrected chi connectivity index (χ1v) is 10.8. The van der Waals surface area contributed by atoms with Crippen molar-refractivity contribution in [2.24, 2.45) is 5.92 Å². The average molecular weight is 413 g/mol. The highest BCUT2D eigenvalue weighted by atomic mass is 32.1. The fourth-order valence-corrected chi connectivity index (χ4v) is 3.82. The molecule has 1 N–H and O–H groups in total. The van der Waals surface area contributed by atoms with Crippen molar-refractivity contribution in [3.63, 3.8) is 0 Å². The zero-order valence-electron chi connectivity index (χ0n) is 17.2. The van der Waals surface area contributed by atoms with Crippen LogP contribution in [0.4, 0.5) is 5.82 Å². The van der Waals surface area contributed by atoms with Gasteiger partial charge in [0.25, 0.3) is 0 Å². The van der Waals surface area contributed by atoms with E-state index < -0.39 is 0 Å². The van der Waals surface area contributed by atoms with E-state index in [0.717, 1.165) is 34.0 Å². The average Bonchev–Trinajstić information content (AvgIpc) is 3.25. The van der Waals surface area contributed by atoms with E-state index in [-0.39, 0.29) is 5.91 Å². The lowest BCUT2D eigenvalue weighted by atomic mass is 10.1. The van der Waals surface area contributed by atoms with Crippen LogP contribution < -0.4 is 10.2 Å². The second-order valence-corrected chi connectivity index (χ2v) is 8.25. The third-order valence-electron chi connectivity index (χ3n) is 4.45. The predicted molar refractivity (Wildman–Crippen MR) is 119 cm³/mol. The van der Waals surface area contributed by atoms with Gasteiger partial charge in [-0.1, -0.05) is 32.0 Å². The van der Waals surface area contributed by atoms with E-state index in [1.807, 2.05) is 35.7 Å². The fraction of sp³-hybridized carbons (Fsp3) is 0.409. The number of amides is 1. The molecule has 0 aliphatic heterocycles. The molecular formula is C22H28N4O2S. The molecule has 0 aliphatic rings. The topological polar surface area (TPSA) is 67.3 Å². The molecule has 7 heteroatoms. The SMILES string of the molecule is COCCNC(=O)CCN(CC(C)C)c1nc(-c2cccs2)nc2ccccc12. The van der Waals surface area contributed by atoms with E-state index in [9.17, 15) is 4.79 Å². The Bertz CT molecular complexity index is 928. The minimum absolute atomic E-state index is 0.0210. The van der Waals surface area contributed by atoms with Gasteiger partial charge in [0.05, 0.1) is 17.0 Å². The van der Waals surface area contributed by atoms with Crippen LogP contribution in [0.3, 0.4) is 0 Å². The van der Waals surface area contributed by atoms with Crippen molar-refractivity contribution in [2.45, 2.75) is 20.3 Å². The molecule has 1 aromatic carbocycles. The summed E-state index contributed by atoms with van der Waals surface area (Å²) in [6.07, 6.45) is 0.406. The summed E-state index contributed by atoms with van der Waals surface area (Å²) in [5.74, 6) is 2.07. The normalized spacial score (nSPS) is 11.2. The molecule has 3 aromatic rings. The number of carbonyl (C=O) groups excluding carboxylic acids is 1. The van der Waals surface area contributed by atoms with E-state index in [1.54, 1.807) is 18.4 Å². The molecule has 3 rings (SSSR count). The lowest BCUT2D eigenvalue weighted by molar-refractivity contribution is -0.121. The van der Waals surface area contributed by atoms with E-state index >= 15 is 0 Å². The molecule has 0 spiro atoms. The molecule has 0 radical (unpaired) electrons. The van der Waals surface area contributed by atoms with Crippen LogP contribution in [0.2, 0.25) is 0 Å². The molecule has 2 aromatic heterocycles. The highest BCUT2D eigenvalue weighted by Gasteiger charge is 2.18. The Balaban J connectivity index is 1.91. The summed E-state index contributed by atoms with van der Waals surface area (Å²) in [7, 11) is 1.63. The third-order valence-corrected chi connectivity index (χ3v) is 5.31. The third kappa shape index (κ3) is 5.74. The first kappa shape index (κ1) is 21.2. The molecule has 2 heterocycles. The number of fused-ring (bicyclic) bond motifs is 1. The smallest absolute Gasteiger partial charge is 0.221 e. The number of rotatable bonds is 10. The van der Waals surface area contributed by atoms with Gasteiger partial charge in [0.2, 0.25) is 5.91 Å². The maximum atomic E-state index is 12.2. The lowest BCUT2D eigenvalue weighted by Crippen LogP contribution is -2.34. The highest BCUT2D eigenvalue weighted by molar-refractivity contribution is 7.13. The van der Waals surface area contributed by atoms with Gasteiger partial charge in [-0.15, -0.1) is 11.3 Å². The maximum Gasteiger partial charge on any atom is 0.221 e. The van der Waals surface area contributed by atoms with Crippen LogP contribution in [0.5, 0.6) is 0 Å². The summed E-state index contributed by atoms with van der Waals surface area (Å²) in [5, 5.41) is 5.93. The molecule has 6 nitrogen and oxygen atoms in total. The molecule has 154 valence electrons. The van der Waals surface area contributed by atoms with E-state index in [2.05, 4.69) is 30.1 Å². The standard InChI is InChI=1S/C22H28N4O2S/c1-16(2)15-26(12-10-20(27)23-11-13-28-3)22-17-7-4-5-8-18(17)24-21(25-22)19-9-6-14-29-19/h4-9,14,16H,10-13,15H2,1-3H3,(H,23,27). The predicted octanol–water partition coefficient (Wildman–Crippen LogP) is 3.97. The van der Waals surface area contributed by atoms with Gasteiger partial charge < -0.3 is 15.0 Å². The Labute approximate surface area is 175 Å². The minimum atomic E-state index is 0.0210. The molecule has 0 fully saturated rings. The van der Waals surface area contributed by atoms with Gasteiger partial charge >= 0.3 is 0 Å². The van der Waals surface area contributed by atoms with Crippen molar-refractivity contribution in [1.29, 1.82) is 0 Å². The maximum absolute atomic E-state index is 12.2. The van der Waals surface area contributed by atoms with Crippen molar-refractivity contribution in [1.82, 2.24) is 15.3 Å². The number of para-hydroxylation sites is 1. The van der Waals surface area contributed by atoms with Gasteiger partial charge in [0.15, 0.2) is 5.82 Å². The summed E-state index contributed by atoms with van der Waals surface area (Å²) in [5.41, 5.74) is 0.916. The number of thiophene rings is 1. The van der Waals surface area contributed by atoms with Crippen LogP contribution in [0, 0.1) is 5.92 Å². The minimum Gasteiger partial charge on any atom is -0.383 e. The Hall–Kier alpha value is -2.51. The van der Waals surface area contributed by atoms with Gasteiger partial charge in [0.1, 0.15) is 5.82 Å². The first-order chi connectivity index (χ1) is 14.1. The van der Waals surface area contributed by atoms with Crippen LogP contribution in [0.1, 0.15) is 20.3 Å². The van der Waals surface area contributed by atoms with Crippen molar-refractivity contribution < 1.29 is 9.53 Å². The van der Waals surface area contributed by atoms with Crippen molar-refractivity contribution in [3.05, 3.63) is 41.8 Å². The van der Waals surface area contributed by atoms with Gasteiger partial charge in [-0.3, -0.25) is 4.79 Å². The number of nitrogens with one attached hydrogen (secondary N) is 1. The largest absolute Gasteiger partial charge is 0.383 e. The highest BCUT2D eigenvalue weighted by Crippen LogP contribution is 2.30. The quantitative estimate of drug-likeness (QED) is 0.510. The summed E-state index contributed by atoms with van der Waals surface area (Å²) < 4.78 is 5.00. The summed E-state index contributed by atoms with van der Waals surface area (Å²) >= 11 is 1.63. The number of carbonyl (C=O) groups is 1. The Morgan fingerprint density at radius 1 is 1.21 bits per heavy atom. The van der Waals surface area contributed by atoms with Crippen molar-refractivity contribution >= 4 is 34.0 Å². The Morgan fingerprint density at radius 3 is 2.76 bits per heavy atom. The van der Waals surface area contributed by atoms with Crippen molar-refractivity contribution in [2.75, 3.05) is 38.3 Å². The second-order valence-electron chi connectivity index (χ2n) is 7.30. The Kier molecular flexibility index (Phi) is 7.55. The molecule has 0 unspecified atom stereocenters. The Morgan fingerprint density at radius 2 is 2.03 bits per heavy atom. The number of nitrogens with zero attached hydrogens (tertiary/aromatic N) is 3. The van der Waals surface area contributed by atoms with Crippen LogP contribution in [0.25, 0.3) is 21.6 Å². The van der Waals surface area contributed by atoms with E-state index in [0.29, 0.717) is 32.0 Å². The van der Waals surface area contributed by atoms with Crippen molar-refractivity contribution in [3.8, 4) is 10.7 Å². The van der Waals surface area contributed by atoms with Gasteiger partial charge in [-0.25, -0.2) is 9.97 Å². The summed E-state index contributed by atoms with van der Waals surface area (Å²) in [6, 6.07) is 12.1. The fourth-order valence-electron chi connectivity index (χ4n) is 3.16. The number of methoxy groups -OCH3 is 1. The van der Waals surface area contributed by atoms with E-state index in [4.69, 9.17) is 14.7 Å². The monoisotopic (exact) mass is 412 g/mol. The number of hydrogen-bond acceptors (Lipinski definition) is 6. The van der Waals surface area contributed by atoms with Crippen LogP contribution in [-0.2, 0) is 9.53 Å². The number of ether oxygens (including phenoxy) is 1. The first-order valence-electron chi connectivity index (χ1n) is 9.89. The molecule has 1 amide bonds.